The summed E-state index contributed by atoms with van der Waals surface area (Å²) in [5, 5.41) is 0.304. The number of rotatable bonds is 3. The van der Waals surface area contributed by atoms with E-state index in [0.29, 0.717) is 5.28 Å². The molecule has 0 saturated carbocycles. The fourth-order valence-corrected chi connectivity index (χ4v) is 3.12. The van der Waals surface area contributed by atoms with Crippen molar-refractivity contribution >= 4 is 23.5 Å². The van der Waals surface area contributed by atoms with Crippen molar-refractivity contribution in [3.63, 3.8) is 0 Å². The third-order valence-electron chi connectivity index (χ3n) is 4.33. The highest BCUT2D eigenvalue weighted by Crippen LogP contribution is 2.20. The average molecular weight is 311 g/mol. The summed E-state index contributed by atoms with van der Waals surface area (Å²) >= 11 is 6.12. The Morgan fingerprint density at radius 3 is 1.95 bits per heavy atom. The van der Waals surface area contributed by atoms with Crippen LogP contribution in [-0.2, 0) is 0 Å². The number of hydrogen-bond acceptors (Lipinski definition) is 6. The lowest BCUT2D eigenvalue weighted by Gasteiger charge is -2.34. The number of piperidine rings is 1. The zero-order valence-corrected chi connectivity index (χ0v) is 13.4. The van der Waals surface area contributed by atoms with Gasteiger partial charge in [0.05, 0.1) is 0 Å². The van der Waals surface area contributed by atoms with Crippen LogP contribution in [0.5, 0.6) is 0 Å². The van der Waals surface area contributed by atoms with Gasteiger partial charge in [-0.1, -0.05) is 6.92 Å². The van der Waals surface area contributed by atoms with Gasteiger partial charge in [-0.05, 0) is 37.4 Å². The molecule has 6 nitrogen and oxygen atoms in total. The molecule has 3 rings (SSSR count). The fraction of sp³-hybridized carbons (Fsp3) is 0.786. The molecule has 0 atom stereocenters. The highest BCUT2D eigenvalue weighted by Gasteiger charge is 2.21. The Morgan fingerprint density at radius 2 is 1.38 bits per heavy atom. The summed E-state index contributed by atoms with van der Waals surface area (Å²) in [5.41, 5.74) is 0. The van der Waals surface area contributed by atoms with Gasteiger partial charge < -0.3 is 14.7 Å². The van der Waals surface area contributed by atoms with Crippen LogP contribution in [0.15, 0.2) is 0 Å². The molecular formula is C14H23ClN6. The van der Waals surface area contributed by atoms with Crippen LogP contribution in [-0.4, -0.2) is 65.7 Å². The van der Waals surface area contributed by atoms with Crippen LogP contribution < -0.4 is 9.80 Å². The van der Waals surface area contributed by atoms with Gasteiger partial charge in [-0.25, -0.2) is 0 Å². The van der Waals surface area contributed by atoms with Gasteiger partial charge in [0.25, 0.3) is 0 Å². The summed E-state index contributed by atoms with van der Waals surface area (Å²) in [4.78, 5) is 20.2. The molecule has 116 valence electrons. The van der Waals surface area contributed by atoms with Crippen LogP contribution in [0.4, 0.5) is 11.9 Å². The maximum Gasteiger partial charge on any atom is 0.231 e. The van der Waals surface area contributed by atoms with E-state index < -0.39 is 0 Å². The van der Waals surface area contributed by atoms with Gasteiger partial charge >= 0.3 is 0 Å². The van der Waals surface area contributed by atoms with Crippen LogP contribution in [0.3, 0.4) is 0 Å². The SMILES string of the molecule is CCN1CCN(c2nc(Cl)nc(N3CCCCC3)n2)CC1. The second-order valence-corrected chi connectivity index (χ2v) is 6.01. The number of anilines is 2. The van der Waals surface area contributed by atoms with Gasteiger partial charge in [-0.15, -0.1) is 0 Å². The number of likely N-dealkylation sites (N-methyl/N-ethyl adjacent to an activating group) is 1. The van der Waals surface area contributed by atoms with E-state index in [1.807, 2.05) is 0 Å². The molecule has 2 aliphatic heterocycles. The van der Waals surface area contributed by atoms with E-state index in [2.05, 4.69) is 36.6 Å². The van der Waals surface area contributed by atoms with Gasteiger partial charge in [-0.3, -0.25) is 0 Å². The van der Waals surface area contributed by atoms with Crippen molar-refractivity contribution < 1.29 is 0 Å². The average Bonchev–Trinajstić information content (AvgIpc) is 2.55. The molecule has 7 heteroatoms. The Labute approximate surface area is 131 Å². The Morgan fingerprint density at radius 1 is 0.810 bits per heavy atom. The summed E-state index contributed by atoms with van der Waals surface area (Å²) in [5.74, 6) is 1.47. The lowest BCUT2D eigenvalue weighted by molar-refractivity contribution is 0.270. The molecule has 1 aromatic heterocycles. The van der Waals surface area contributed by atoms with Crippen LogP contribution in [0.25, 0.3) is 0 Å². The zero-order valence-electron chi connectivity index (χ0n) is 12.6. The minimum Gasteiger partial charge on any atom is -0.341 e. The molecule has 1 aromatic rings. The van der Waals surface area contributed by atoms with Crippen molar-refractivity contribution in [2.45, 2.75) is 26.2 Å². The molecule has 0 amide bonds. The Balaban J connectivity index is 1.74. The Hall–Kier alpha value is -1.14. The third kappa shape index (κ3) is 3.55. The maximum atomic E-state index is 6.12. The Bertz CT molecular complexity index is 469. The molecule has 0 bridgehead atoms. The van der Waals surface area contributed by atoms with Crippen molar-refractivity contribution in [3.8, 4) is 0 Å². The second kappa shape index (κ2) is 6.75. The quantitative estimate of drug-likeness (QED) is 0.846. The van der Waals surface area contributed by atoms with Crippen LogP contribution in [0.1, 0.15) is 26.2 Å². The normalized spacial score (nSPS) is 20.9. The van der Waals surface area contributed by atoms with E-state index in [0.717, 1.165) is 57.7 Å². The molecule has 3 heterocycles. The molecule has 0 spiro atoms. The number of piperazine rings is 1. The van der Waals surface area contributed by atoms with E-state index in [1.54, 1.807) is 0 Å². The first-order valence-corrected chi connectivity index (χ1v) is 8.28. The first-order chi connectivity index (χ1) is 10.3. The summed E-state index contributed by atoms with van der Waals surface area (Å²) in [6.45, 7) is 9.35. The highest BCUT2D eigenvalue weighted by molar-refractivity contribution is 6.28. The topological polar surface area (TPSA) is 48.4 Å². The molecular weight excluding hydrogens is 288 g/mol. The number of aromatic nitrogens is 3. The van der Waals surface area contributed by atoms with E-state index in [9.17, 15) is 0 Å². The summed E-state index contributed by atoms with van der Waals surface area (Å²) in [6, 6.07) is 0. The van der Waals surface area contributed by atoms with Crippen LogP contribution in [0.2, 0.25) is 5.28 Å². The van der Waals surface area contributed by atoms with E-state index in [4.69, 9.17) is 11.6 Å². The van der Waals surface area contributed by atoms with Crippen molar-refractivity contribution in [3.05, 3.63) is 5.28 Å². The lowest BCUT2D eigenvalue weighted by atomic mass is 10.1. The standard InChI is InChI=1S/C14H23ClN6/c1-2-19-8-10-21(11-9-19)14-17-12(15)16-13(18-14)20-6-4-3-5-7-20/h2-11H2,1H3. The van der Waals surface area contributed by atoms with Gasteiger partial charge in [-0.2, -0.15) is 15.0 Å². The van der Waals surface area contributed by atoms with Crippen LogP contribution in [0, 0.1) is 0 Å². The molecule has 21 heavy (non-hydrogen) atoms. The van der Waals surface area contributed by atoms with Gasteiger partial charge in [0.15, 0.2) is 0 Å². The number of nitrogens with zero attached hydrogens (tertiary/aromatic N) is 6. The van der Waals surface area contributed by atoms with Crippen molar-refractivity contribution in [2.75, 3.05) is 55.6 Å². The molecule has 0 radical (unpaired) electrons. The smallest absolute Gasteiger partial charge is 0.231 e. The predicted molar refractivity (Wildman–Crippen MR) is 85.2 cm³/mol. The first-order valence-electron chi connectivity index (χ1n) is 7.90. The number of hydrogen-bond donors (Lipinski definition) is 0. The molecule has 2 saturated heterocycles. The number of halogens is 1. The molecule has 0 aromatic carbocycles. The van der Waals surface area contributed by atoms with Crippen LogP contribution >= 0.6 is 11.6 Å². The largest absolute Gasteiger partial charge is 0.341 e. The van der Waals surface area contributed by atoms with Gasteiger partial charge in [0.1, 0.15) is 0 Å². The van der Waals surface area contributed by atoms with Gasteiger partial charge in [0.2, 0.25) is 17.2 Å². The fourth-order valence-electron chi connectivity index (χ4n) is 2.97. The molecule has 2 fully saturated rings. The third-order valence-corrected chi connectivity index (χ3v) is 4.49. The first kappa shape index (κ1) is 14.8. The predicted octanol–water partition coefficient (Wildman–Crippen LogP) is 1.66. The van der Waals surface area contributed by atoms with E-state index in [-0.39, 0.29) is 0 Å². The zero-order chi connectivity index (χ0) is 14.7. The lowest BCUT2D eigenvalue weighted by Crippen LogP contribution is -2.47. The summed E-state index contributed by atoms with van der Waals surface area (Å²) in [7, 11) is 0. The highest BCUT2D eigenvalue weighted by atomic mass is 35.5. The summed E-state index contributed by atoms with van der Waals surface area (Å²) < 4.78 is 0. The van der Waals surface area contributed by atoms with E-state index in [1.165, 1.54) is 19.3 Å². The monoisotopic (exact) mass is 310 g/mol. The van der Waals surface area contributed by atoms with E-state index >= 15 is 0 Å². The minimum absolute atomic E-state index is 0.304. The van der Waals surface area contributed by atoms with Crippen molar-refractivity contribution in [2.24, 2.45) is 0 Å². The summed E-state index contributed by atoms with van der Waals surface area (Å²) in [6.07, 6.45) is 3.70. The maximum absolute atomic E-state index is 6.12. The minimum atomic E-state index is 0.304. The second-order valence-electron chi connectivity index (χ2n) is 5.67. The molecule has 2 aliphatic rings. The van der Waals surface area contributed by atoms with Gasteiger partial charge in [0, 0.05) is 39.3 Å². The molecule has 0 N–H and O–H groups in total. The van der Waals surface area contributed by atoms with Crippen molar-refractivity contribution in [1.29, 1.82) is 0 Å². The molecule has 0 aliphatic carbocycles. The molecule has 0 unspecified atom stereocenters. The van der Waals surface area contributed by atoms with Crippen molar-refractivity contribution in [1.82, 2.24) is 19.9 Å². The Kier molecular flexibility index (Phi) is 4.75.